The molecule has 22 heavy (non-hydrogen) atoms. The molecule has 5 nitrogen and oxygen atoms in total. The Hall–Kier alpha value is -0.370. The van der Waals surface area contributed by atoms with E-state index in [0.717, 1.165) is 26.2 Å². The Labute approximate surface area is 142 Å². The van der Waals surface area contributed by atoms with Gasteiger partial charge < -0.3 is 4.90 Å². The van der Waals surface area contributed by atoms with Crippen molar-refractivity contribution in [3.05, 3.63) is 28.2 Å². The number of nitrogens with zero attached hydrogens (tertiary/aromatic N) is 2. The van der Waals surface area contributed by atoms with E-state index in [-0.39, 0.29) is 16.0 Å². The van der Waals surface area contributed by atoms with Crippen LogP contribution in [0, 0.1) is 0 Å². The molecule has 8 heteroatoms. The lowest BCUT2D eigenvalue weighted by atomic mass is 10.2. The number of hydrogen-bond acceptors (Lipinski definition) is 4. The maximum atomic E-state index is 12.4. The summed E-state index contributed by atoms with van der Waals surface area (Å²) in [6, 6.07) is 4.55. The third-order valence-corrected chi connectivity index (χ3v) is 6.05. The van der Waals surface area contributed by atoms with Crippen LogP contribution in [-0.2, 0) is 10.0 Å². The maximum absolute atomic E-state index is 12.4. The van der Waals surface area contributed by atoms with Gasteiger partial charge in [-0.05, 0) is 32.2 Å². The van der Waals surface area contributed by atoms with Crippen LogP contribution >= 0.6 is 23.2 Å². The number of piperazine rings is 1. The zero-order valence-electron chi connectivity index (χ0n) is 12.7. The van der Waals surface area contributed by atoms with E-state index in [0.29, 0.717) is 11.6 Å². The van der Waals surface area contributed by atoms with Gasteiger partial charge in [-0.15, -0.1) is 0 Å². The van der Waals surface area contributed by atoms with Crippen LogP contribution in [0.5, 0.6) is 0 Å². The van der Waals surface area contributed by atoms with Crippen LogP contribution in [0.25, 0.3) is 0 Å². The molecule has 0 aromatic heterocycles. The van der Waals surface area contributed by atoms with Gasteiger partial charge in [0.1, 0.15) is 4.90 Å². The largest absolute Gasteiger partial charge is 0.304 e. The number of nitrogens with one attached hydrogen (secondary N) is 1. The number of sulfonamides is 1. The molecule has 2 rings (SSSR count). The standard InChI is InChI=1S/C14H21Cl2N3O2S/c1-11(19-7-5-18(2)6-8-19)10-17-22(20,21)14-9-12(15)3-4-13(14)16/h3-4,9,11,17H,5-8,10H2,1-2H3/t11-/m0/s1. The van der Waals surface area contributed by atoms with Crippen LogP contribution in [0.2, 0.25) is 10.0 Å². The Balaban J connectivity index is 1.99. The van der Waals surface area contributed by atoms with Crippen molar-refractivity contribution < 1.29 is 8.42 Å². The fraction of sp³-hybridized carbons (Fsp3) is 0.571. The highest BCUT2D eigenvalue weighted by Crippen LogP contribution is 2.24. The normalized spacial score (nSPS) is 19.3. The van der Waals surface area contributed by atoms with Gasteiger partial charge in [-0.1, -0.05) is 23.2 Å². The third-order valence-electron chi connectivity index (χ3n) is 3.91. The highest BCUT2D eigenvalue weighted by molar-refractivity contribution is 7.89. The van der Waals surface area contributed by atoms with Crippen LogP contribution in [-0.4, -0.2) is 64.0 Å². The third kappa shape index (κ3) is 4.57. The second-order valence-corrected chi connectivity index (χ2v) is 8.19. The van der Waals surface area contributed by atoms with Gasteiger partial charge >= 0.3 is 0 Å². The first-order valence-electron chi connectivity index (χ1n) is 7.17. The molecule has 1 heterocycles. The summed E-state index contributed by atoms with van der Waals surface area (Å²) < 4.78 is 27.4. The smallest absolute Gasteiger partial charge is 0.242 e. The minimum absolute atomic E-state index is 0.0206. The van der Waals surface area contributed by atoms with E-state index in [2.05, 4.69) is 21.6 Å². The molecular weight excluding hydrogens is 345 g/mol. The molecule has 1 aromatic carbocycles. The van der Waals surface area contributed by atoms with Crippen molar-refractivity contribution in [1.82, 2.24) is 14.5 Å². The molecule has 0 amide bonds. The van der Waals surface area contributed by atoms with Crippen LogP contribution in [0.15, 0.2) is 23.1 Å². The van der Waals surface area contributed by atoms with E-state index in [1.54, 1.807) is 6.07 Å². The predicted molar refractivity (Wildman–Crippen MR) is 90.2 cm³/mol. The minimum atomic E-state index is -3.66. The molecule has 124 valence electrons. The average molecular weight is 366 g/mol. The topological polar surface area (TPSA) is 52.7 Å². The van der Waals surface area contributed by atoms with Crippen LogP contribution < -0.4 is 4.72 Å². The van der Waals surface area contributed by atoms with Gasteiger partial charge in [-0.2, -0.15) is 0 Å². The van der Waals surface area contributed by atoms with Crippen molar-refractivity contribution in [2.45, 2.75) is 17.9 Å². The molecule has 0 radical (unpaired) electrons. The van der Waals surface area contributed by atoms with E-state index in [4.69, 9.17) is 23.2 Å². The summed E-state index contributed by atoms with van der Waals surface area (Å²) in [5.41, 5.74) is 0. The molecule has 1 aliphatic rings. The monoisotopic (exact) mass is 365 g/mol. The van der Waals surface area contributed by atoms with Gasteiger partial charge in [0.2, 0.25) is 10.0 Å². The Morgan fingerprint density at radius 3 is 2.50 bits per heavy atom. The number of benzene rings is 1. The Morgan fingerprint density at radius 1 is 1.23 bits per heavy atom. The molecule has 0 saturated carbocycles. The van der Waals surface area contributed by atoms with Crippen LogP contribution in [0.1, 0.15) is 6.92 Å². The van der Waals surface area contributed by atoms with E-state index in [1.165, 1.54) is 12.1 Å². The first kappa shape index (κ1) is 18.0. The van der Waals surface area contributed by atoms with Gasteiger partial charge in [-0.25, -0.2) is 13.1 Å². The van der Waals surface area contributed by atoms with Crippen LogP contribution in [0.4, 0.5) is 0 Å². The maximum Gasteiger partial charge on any atom is 0.242 e. The first-order chi connectivity index (χ1) is 10.3. The first-order valence-corrected chi connectivity index (χ1v) is 9.41. The summed E-state index contributed by atoms with van der Waals surface area (Å²) in [5, 5.41) is 0.515. The lowest BCUT2D eigenvalue weighted by Crippen LogP contribution is -2.51. The SMILES string of the molecule is C[C@@H](CNS(=O)(=O)c1cc(Cl)ccc1Cl)N1CCN(C)CC1. The number of hydrogen-bond donors (Lipinski definition) is 1. The molecule has 1 aliphatic heterocycles. The second kappa shape index (κ2) is 7.47. The van der Waals surface area contributed by atoms with Crippen molar-refractivity contribution in [2.75, 3.05) is 39.8 Å². The summed E-state index contributed by atoms with van der Waals surface area (Å²) in [7, 11) is -1.57. The van der Waals surface area contributed by atoms with Gasteiger partial charge in [0.05, 0.1) is 5.02 Å². The molecule has 0 aliphatic carbocycles. The molecule has 0 spiro atoms. The van der Waals surface area contributed by atoms with Gasteiger partial charge in [-0.3, -0.25) is 4.90 Å². The predicted octanol–water partition coefficient (Wildman–Crippen LogP) is 1.91. The van der Waals surface area contributed by atoms with E-state index >= 15 is 0 Å². The zero-order valence-corrected chi connectivity index (χ0v) is 15.0. The summed E-state index contributed by atoms with van der Waals surface area (Å²) in [6.07, 6.45) is 0. The van der Waals surface area contributed by atoms with E-state index in [9.17, 15) is 8.42 Å². The highest BCUT2D eigenvalue weighted by Gasteiger charge is 2.23. The lowest BCUT2D eigenvalue weighted by molar-refractivity contribution is 0.120. The van der Waals surface area contributed by atoms with E-state index in [1.807, 2.05) is 6.92 Å². The molecule has 1 N–H and O–H groups in total. The van der Waals surface area contributed by atoms with Gasteiger partial charge in [0.15, 0.2) is 0 Å². The number of rotatable bonds is 5. The van der Waals surface area contributed by atoms with Crippen molar-refractivity contribution in [3.8, 4) is 0 Å². The molecule has 1 fully saturated rings. The van der Waals surface area contributed by atoms with Gasteiger partial charge in [0.25, 0.3) is 0 Å². The number of halogens is 2. The van der Waals surface area contributed by atoms with Crippen molar-refractivity contribution >= 4 is 33.2 Å². The summed E-state index contributed by atoms with van der Waals surface area (Å²) in [4.78, 5) is 4.56. The molecule has 0 unspecified atom stereocenters. The number of likely N-dealkylation sites (N-methyl/N-ethyl adjacent to an activating group) is 1. The fourth-order valence-corrected chi connectivity index (χ4v) is 4.27. The highest BCUT2D eigenvalue weighted by atomic mass is 35.5. The van der Waals surface area contributed by atoms with Crippen molar-refractivity contribution in [3.63, 3.8) is 0 Å². The Bertz CT molecular complexity index is 617. The Kier molecular flexibility index (Phi) is 6.10. The molecular formula is C14H21Cl2N3O2S. The molecule has 1 aromatic rings. The van der Waals surface area contributed by atoms with Crippen molar-refractivity contribution in [1.29, 1.82) is 0 Å². The fourth-order valence-electron chi connectivity index (χ4n) is 2.38. The summed E-state index contributed by atoms with van der Waals surface area (Å²) in [6.45, 7) is 6.24. The summed E-state index contributed by atoms with van der Waals surface area (Å²) >= 11 is 11.8. The minimum Gasteiger partial charge on any atom is -0.304 e. The summed E-state index contributed by atoms with van der Waals surface area (Å²) in [5.74, 6) is 0. The Morgan fingerprint density at radius 2 is 1.86 bits per heavy atom. The van der Waals surface area contributed by atoms with Crippen LogP contribution in [0.3, 0.4) is 0 Å². The average Bonchev–Trinajstić information content (AvgIpc) is 2.48. The molecule has 1 atom stereocenters. The molecule has 0 bridgehead atoms. The zero-order chi connectivity index (χ0) is 16.3. The quantitative estimate of drug-likeness (QED) is 0.865. The lowest BCUT2D eigenvalue weighted by Gasteiger charge is -2.36. The molecule has 1 saturated heterocycles. The van der Waals surface area contributed by atoms with E-state index < -0.39 is 10.0 Å². The second-order valence-electron chi connectivity index (χ2n) is 5.61. The van der Waals surface area contributed by atoms with Crippen molar-refractivity contribution in [2.24, 2.45) is 0 Å². The van der Waals surface area contributed by atoms with Gasteiger partial charge in [0, 0.05) is 43.8 Å².